The minimum absolute atomic E-state index is 0.0200. The lowest BCUT2D eigenvalue weighted by atomic mass is 10.2. The summed E-state index contributed by atoms with van der Waals surface area (Å²) in [5.74, 6) is 0.712. The van der Waals surface area contributed by atoms with Crippen molar-refractivity contribution in [3.05, 3.63) is 42.5 Å². The maximum atomic E-state index is 12.5. The Labute approximate surface area is 165 Å². The third-order valence-corrected chi connectivity index (χ3v) is 6.09. The average molecular weight is 420 g/mol. The van der Waals surface area contributed by atoms with Gasteiger partial charge < -0.3 is 14.8 Å². The van der Waals surface area contributed by atoms with Gasteiger partial charge in [-0.05, 0) is 24.3 Å². The molecule has 0 spiro atoms. The van der Waals surface area contributed by atoms with Crippen molar-refractivity contribution in [2.24, 2.45) is 0 Å². The second kappa shape index (κ2) is 7.70. The average Bonchev–Trinajstić information content (AvgIpc) is 3.19. The van der Waals surface area contributed by atoms with Crippen LogP contribution in [0.15, 0.2) is 47.4 Å². The number of nitrogens with one attached hydrogen (secondary N) is 2. The van der Waals surface area contributed by atoms with Crippen molar-refractivity contribution in [1.82, 2.24) is 18.8 Å². The third kappa shape index (κ3) is 3.77. The molecule has 9 nitrogen and oxygen atoms in total. The molecule has 1 aromatic heterocycles. The third-order valence-electron chi connectivity index (χ3n) is 4.06. The molecule has 11 heteroatoms. The number of ether oxygens (including phenoxy) is 2. The summed E-state index contributed by atoms with van der Waals surface area (Å²) in [5.41, 5.74) is 0.853. The molecule has 1 aliphatic heterocycles. The summed E-state index contributed by atoms with van der Waals surface area (Å²) >= 11 is 0.951. The SMILES string of the molecule is O=C(NCCNS(=O)(=O)c1cccc2nsnc12)[C@@H]1COc2ccccc2O1. The van der Waals surface area contributed by atoms with Crippen molar-refractivity contribution in [3.63, 3.8) is 0 Å². The molecule has 1 atom stereocenters. The van der Waals surface area contributed by atoms with Gasteiger partial charge in [0.1, 0.15) is 22.5 Å². The van der Waals surface area contributed by atoms with Gasteiger partial charge in [0.2, 0.25) is 16.1 Å². The van der Waals surface area contributed by atoms with E-state index >= 15 is 0 Å². The zero-order valence-corrected chi connectivity index (χ0v) is 16.1. The molecule has 0 radical (unpaired) electrons. The van der Waals surface area contributed by atoms with Gasteiger partial charge in [-0.25, -0.2) is 13.1 Å². The molecule has 0 aliphatic carbocycles. The van der Waals surface area contributed by atoms with Gasteiger partial charge in [-0.2, -0.15) is 8.75 Å². The lowest BCUT2D eigenvalue weighted by molar-refractivity contribution is -0.130. The number of carbonyl (C=O) groups is 1. The predicted molar refractivity (Wildman–Crippen MR) is 102 cm³/mol. The van der Waals surface area contributed by atoms with E-state index in [4.69, 9.17) is 9.47 Å². The Morgan fingerprint density at radius 1 is 1.11 bits per heavy atom. The lowest BCUT2D eigenvalue weighted by Gasteiger charge is -2.25. The summed E-state index contributed by atoms with van der Waals surface area (Å²) in [5, 5.41) is 2.64. The van der Waals surface area contributed by atoms with E-state index < -0.39 is 16.1 Å². The van der Waals surface area contributed by atoms with Crippen LogP contribution in [0.5, 0.6) is 11.5 Å². The summed E-state index contributed by atoms with van der Waals surface area (Å²) in [7, 11) is -3.77. The maximum Gasteiger partial charge on any atom is 0.264 e. The number of sulfonamides is 1. The zero-order chi connectivity index (χ0) is 19.6. The summed E-state index contributed by atoms with van der Waals surface area (Å²) in [6, 6.07) is 11.9. The smallest absolute Gasteiger partial charge is 0.264 e. The Bertz CT molecular complexity index is 1120. The minimum Gasteiger partial charge on any atom is -0.485 e. The molecule has 146 valence electrons. The van der Waals surface area contributed by atoms with Crippen molar-refractivity contribution in [2.45, 2.75) is 11.0 Å². The van der Waals surface area contributed by atoms with Gasteiger partial charge in [-0.1, -0.05) is 18.2 Å². The van der Waals surface area contributed by atoms with Crippen molar-refractivity contribution < 1.29 is 22.7 Å². The van der Waals surface area contributed by atoms with Crippen LogP contribution < -0.4 is 19.5 Å². The second-order valence-corrected chi connectivity index (χ2v) is 8.20. The van der Waals surface area contributed by atoms with Crippen molar-refractivity contribution in [3.8, 4) is 11.5 Å². The minimum atomic E-state index is -3.77. The van der Waals surface area contributed by atoms with Gasteiger partial charge in [-0.15, -0.1) is 0 Å². The molecule has 1 aliphatic rings. The van der Waals surface area contributed by atoms with Crippen LogP contribution in [0.4, 0.5) is 0 Å². The normalized spacial score (nSPS) is 16.1. The van der Waals surface area contributed by atoms with E-state index in [1.807, 2.05) is 6.07 Å². The number of fused-ring (bicyclic) bond motifs is 2. The molecular formula is C17H16N4O5S2. The van der Waals surface area contributed by atoms with E-state index in [1.54, 1.807) is 30.3 Å². The van der Waals surface area contributed by atoms with Crippen molar-refractivity contribution in [2.75, 3.05) is 19.7 Å². The van der Waals surface area contributed by atoms with Crippen LogP contribution in [0.3, 0.4) is 0 Å². The summed E-state index contributed by atoms with van der Waals surface area (Å²) < 4.78 is 46.6. The van der Waals surface area contributed by atoms with Crippen LogP contribution in [-0.2, 0) is 14.8 Å². The summed E-state index contributed by atoms with van der Waals surface area (Å²) in [6.45, 7) is 0.213. The quantitative estimate of drug-likeness (QED) is 0.569. The standard InChI is InChI=1S/C17H16N4O5S2/c22-17(14-10-25-12-5-1-2-6-13(12)26-14)18-8-9-19-28(23,24)15-7-3-4-11-16(15)21-27-20-11/h1-7,14,19H,8-10H2,(H,18,22)/t14-/m0/s1. The van der Waals surface area contributed by atoms with Crippen LogP contribution in [0, 0.1) is 0 Å². The number of rotatable bonds is 6. The highest BCUT2D eigenvalue weighted by Gasteiger charge is 2.27. The zero-order valence-electron chi connectivity index (χ0n) is 14.5. The van der Waals surface area contributed by atoms with Crippen molar-refractivity contribution >= 4 is 38.7 Å². The molecule has 2 N–H and O–H groups in total. The van der Waals surface area contributed by atoms with Gasteiger partial charge in [0, 0.05) is 13.1 Å². The highest BCUT2D eigenvalue weighted by molar-refractivity contribution is 7.89. The molecule has 0 saturated heterocycles. The van der Waals surface area contributed by atoms with E-state index in [9.17, 15) is 13.2 Å². The Balaban J connectivity index is 1.31. The predicted octanol–water partition coefficient (Wildman–Crippen LogP) is 0.926. The number of para-hydroxylation sites is 2. The topological polar surface area (TPSA) is 120 Å². The molecular weight excluding hydrogens is 404 g/mol. The first-order chi connectivity index (χ1) is 13.5. The number of nitrogens with zero attached hydrogens (tertiary/aromatic N) is 2. The monoisotopic (exact) mass is 420 g/mol. The first-order valence-corrected chi connectivity index (χ1v) is 10.6. The van der Waals surface area contributed by atoms with Gasteiger partial charge in [-0.3, -0.25) is 4.79 Å². The van der Waals surface area contributed by atoms with E-state index in [1.165, 1.54) is 6.07 Å². The lowest BCUT2D eigenvalue weighted by Crippen LogP contribution is -2.46. The Kier molecular flexibility index (Phi) is 5.11. The Hall–Kier alpha value is -2.76. The number of benzene rings is 2. The van der Waals surface area contributed by atoms with E-state index in [0.29, 0.717) is 22.5 Å². The molecule has 0 unspecified atom stereocenters. The Morgan fingerprint density at radius 2 is 1.93 bits per heavy atom. The number of amides is 1. The van der Waals surface area contributed by atoms with Gasteiger partial charge in [0.15, 0.2) is 11.5 Å². The highest BCUT2D eigenvalue weighted by atomic mass is 32.2. The molecule has 0 saturated carbocycles. The van der Waals surface area contributed by atoms with E-state index in [2.05, 4.69) is 18.8 Å². The molecule has 4 rings (SSSR count). The van der Waals surface area contributed by atoms with Crippen molar-refractivity contribution in [1.29, 1.82) is 0 Å². The fourth-order valence-electron chi connectivity index (χ4n) is 2.71. The largest absolute Gasteiger partial charge is 0.485 e. The molecule has 3 aromatic rings. The van der Waals surface area contributed by atoms with Gasteiger partial charge in [0.25, 0.3) is 5.91 Å². The van der Waals surface area contributed by atoms with E-state index in [-0.39, 0.29) is 30.5 Å². The fraction of sp³-hybridized carbons (Fsp3) is 0.235. The molecule has 2 aromatic carbocycles. The van der Waals surface area contributed by atoms with Crippen LogP contribution >= 0.6 is 11.7 Å². The van der Waals surface area contributed by atoms with Crippen LogP contribution in [0.2, 0.25) is 0 Å². The number of aromatic nitrogens is 2. The highest BCUT2D eigenvalue weighted by Crippen LogP contribution is 2.30. The van der Waals surface area contributed by atoms with E-state index in [0.717, 1.165) is 11.7 Å². The Morgan fingerprint density at radius 3 is 2.79 bits per heavy atom. The molecule has 1 amide bonds. The second-order valence-electron chi connectivity index (χ2n) is 5.94. The number of hydrogen-bond donors (Lipinski definition) is 2. The maximum absolute atomic E-state index is 12.5. The molecule has 28 heavy (non-hydrogen) atoms. The molecule has 2 heterocycles. The molecule has 0 bridgehead atoms. The summed E-state index contributed by atoms with van der Waals surface area (Å²) in [6.07, 6.45) is -0.790. The van der Waals surface area contributed by atoms with Crippen LogP contribution in [0.25, 0.3) is 11.0 Å². The number of carbonyl (C=O) groups excluding carboxylic acids is 1. The van der Waals surface area contributed by atoms with Crippen LogP contribution in [0.1, 0.15) is 0 Å². The fourth-order valence-corrected chi connectivity index (χ4v) is 4.51. The first kappa shape index (κ1) is 18.6. The van der Waals surface area contributed by atoms with Crippen LogP contribution in [-0.4, -0.2) is 48.9 Å². The number of hydrogen-bond acceptors (Lipinski definition) is 8. The van der Waals surface area contributed by atoms with Gasteiger partial charge >= 0.3 is 0 Å². The van der Waals surface area contributed by atoms with Gasteiger partial charge in [0.05, 0.1) is 11.7 Å². The molecule has 0 fully saturated rings. The first-order valence-electron chi connectivity index (χ1n) is 8.42. The summed E-state index contributed by atoms with van der Waals surface area (Å²) in [4.78, 5) is 12.3.